The molecule has 0 aliphatic carbocycles. The standard InChI is InChI=1S/C21H35N3O3/c1-2-3-4-8-14-24(21(26)19-10-17-27-18-19)15-9-20(25)22-11-16-23-12-6-5-7-13-23/h10,17-18H,2-9,11-16H2,1H3,(H,22,25)/p+1. The van der Waals surface area contributed by atoms with Crippen LogP contribution in [0.1, 0.15) is 68.6 Å². The molecule has 1 aliphatic heterocycles. The fourth-order valence-electron chi connectivity index (χ4n) is 3.62. The van der Waals surface area contributed by atoms with Gasteiger partial charge in [0.25, 0.3) is 5.91 Å². The summed E-state index contributed by atoms with van der Waals surface area (Å²) in [4.78, 5) is 28.2. The van der Waals surface area contributed by atoms with Gasteiger partial charge < -0.3 is 19.5 Å². The number of furan rings is 1. The van der Waals surface area contributed by atoms with Crippen LogP contribution in [0.15, 0.2) is 23.0 Å². The maximum absolute atomic E-state index is 12.6. The Morgan fingerprint density at radius 3 is 2.67 bits per heavy atom. The van der Waals surface area contributed by atoms with Crippen LogP contribution in [0.25, 0.3) is 0 Å². The molecule has 0 spiro atoms. The highest BCUT2D eigenvalue weighted by atomic mass is 16.3. The number of amides is 2. The van der Waals surface area contributed by atoms with E-state index < -0.39 is 0 Å². The molecule has 0 saturated carbocycles. The third-order valence-corrected chi connectivity index (χ3v) is 5.31. The van der Waals surface area contributed by atoms with E-state index in [4.69, 9.17) is 4.42 Å². The second-order valence-corrected chi connectivity index (χ2v) is 7.53. The van der Waals surface area contributed by atoms with Crippen LogP contribution >= 0.6 is 0 Å². The fourth-order valence-corrected chi connectivity index (χ4v) is 3.62. The normalized spacial score (nSPS) is 14.9. The lowest BCUT2D eigenvalue weighted by Crippen LogP contribution is -3.13. The average Bonchev–Trinajstić information content (AvgIpc) is 3.22. The minimum atomic E-state index is -0.0502. The van der Waals surface area contributed by atoms with Gasteiger partial charge in [-0.05, 0) is 31.7 Å². The number of rotatable bonds is 12. The molecule has 1 aromatic heterocycles. The second kappa shape index (κ2) is 12.5. The van der Waals surface area contributed by atoms with E-state index in [1.165, 1.54) is 51.3 Å². The summed E-state index contributed by atoms with van der Waals surface area (Å²) in [6.45, 7) is 7.49. The lowest BCUT2D eigenvalue weighted by atomic mass is 10.1. The average molecular weight is 379 g/mol. The van der Waals surface area contributed by atoms with E-state index in [0.29, 0.717) is 25.1 Å². The number of likely N-dealkylation sites (tertiary alicyclic amines) is 1. The van der Waals surface area contributed by atoms with Crippen molar-refractivity contribution in [3.8, 4) is 0 Å². The van der Waals surface area contributed by atoms with E-state index >= 15 is 0 Å². The summed E-state index contributed by atoms with van der Waals surface area (Å²) in [7, 11) is 0. The second-order valence-electron chi connectivity index (χ2n) is 7.53. The van der Waals surface area contributed by atoms with Crippen LogP contribution in [0.5, 0.6) is 0 Å². The third kappa shape index (κ3) is 8.16. The maximum atomic E-state index is 12.6. The molecule has 2 rings (SSSR count). The molecule has 0 aromatic carbocycles. The largest absolute Gasteiger partial charge is 0.472 e. The highest BCUT2D eigenvalue weighted by Crippen LogP contribution is 2.09. The molecule has 27 heavy (non-hydrogen) atoms. The van der Waals surface area contributed by atoms with Gasteiger partial charge in [0, 0.05) is 19.5 Å². The van der Waals surface area contributed by atoms with E-state index in [0.717, 1.165) is 32.4 Å². The molecule has 1 aromatic rings. The van der Waals surface area contributed by atoms with Crippen LogP contribution in [-0.2, 0) is 4.79 Å². The Labute approximate surface area is 163 Å². The summed E-state index contributed by atoms with van der Waals surface area (Å²) < 4.78 is 5.04. The van der Waals surface area contributed by atoms with Gasteiger partial charge in [-0.1, -0.05) is 26.2 Å². The van der Waals surface area contributed by atoms with Gasteiger partial charge in [-0.25, -0.2) is 0 Å². The first kappa shape index (κ1) is 21.5. The zero-order valence-electron chi connectivity index (χ0n) is 16.8. The quantitative estimate of drug-likeness (QED) is 0.546. The van der Waals surface area contributed by atoms with Crippen molar-refractivity contribution in [2.45, 2.75) is 58.3 Å². The molecule has 2 amide bonds. The molecule has 152 valence electrons. The minimum Gasteiger partial charge on any atom is -0.472 e. The molecule has 1 fully saturated rings. The van der Waals surface area contributed by atoms with Crippen molar-refractivity contribution in [2.24, 2.45) is 0 Å². The van der Waals surface area contributed by atoms with Crippen molar-refractivity contribution < 1.29 is 18.9 Å². The molecule has 0 unspecified atom stereocenters. The van der Waals surface area contributed by atoms with Gasteiger partial charge in [-0.3, -0.25) is 9.59 Å². The lowest BCUT2D eigenvalue weighted by molar-refractivity contribution is -0.903. The van der Waals surface area contributed by atoms with Crippen molar-refractivity contribution in [2.75, 3.05) is 39.3 Å². The molecule has 6 nitrogen and oxygen atoms in total. The first-order valence-corrected chi connectivity index (χ1v) is 10.6. The first-order chi connectivity index (χ1) is 13.2. The SMILES string of the molecule is CCCCCCN(CCC(=O)NCC[NH+]1CCCCC1)C(=O)c1ccoc1. The maximum Gasteiger partial charge on any atom is 0.257 e. The zero-order valence-corrected chi connectivity index (χ0v) is 16.8. The predicted octanol–water partition coefficient (Wildman–Crippen LogP) is 1.88. The number of nitrogens with zero attached hydrogens (tertiary/aromatic N) is 1. The molecule has 1 saturated heterocycles. The summed E-state index contributed by atoms with van der Waals surface area (Å²) in [5.74, 6) is -0.0178. The number of carbonyl (C=O) groups is 2. The topological polar surface area (TPSA) is 67.0 Å². The highest BCUT2D eigenvalue weighted by Gasteiger charge is 2.18. The van der Waals surface area contributed by atoms with Crippen molar-refractivity contribution >= 4 is 11.8 Å². The van der Waals surface area contributed by atoms with Crippen molar-refractivity contribution in [1.82, 2.24) is 10.2 Å². The van der Waals surface area contributed by atoms with Crippen molar-refractivity contribution in [1.29, 1.82) is 0 Å². The highest BCUT2D eigenvalue weighted by molar-refractivity contribution is 5.94. The van der Waals surface area contributed by atoms with Gasteiger partial charge in [-0.2, -0.15) is 0 Å². The molecular weight excluding hydrogens is 342 g/mol. The molecule has 0 atom stereocenters. The molecule has 6 heteroatoms. The van der Waals surface area contributed by atoms with Gasteiger partial charge in [0.05, 0.1) is 38.0 Å². The number of hydrogen-bond donors (Lipinski definition) is 2. The minimum absolute atomic E-state index is 0.0324. The number of hydrogen-bond acceptors (Lipinski definition) is 3. The van der Waals surface area contributed by atoms with Gasteiger partial charge >= 0.3 is 0 Å². The van der Waals surface area contributed by atoms with Gasteiger partial charge in [0.15, 0.2) is 0 Å². The number of piperidine rings is 1. The lowest BCUT2D eigenvalue weighted by Gasteiger charge is -2.24. The van der Waals surface area contributed by atoms with Crippen LogP contribution < -0.4 is 10.2 Å². The summed E-state index contributed by atoms with van der Waals surface area (Å²) in [6.07, 6.45) is 11.7. The van der Waals surface area contributed by atoms with E-state index in [2.05, 4.69) is 12.2 Å². The van der Waals surface area contributed by atoms with E-state index in [-0.39, 0.29) is 11.8 Å². The molecular formula is C21H36N3O3+. The number of nitrogens with one attached hydrogen (secondary N) is 2. The van der Waals surface area contributed by atoms with Crippen LogP contribution in [-0.4, -0.2) is 56.0 Å². The van der Waals surface area contributed by atoms with Gasteiger partial charge in [0.1, 0.15) is 6.26 Å². The molecule has 0 radical (unpaired) electrons. The number of carbonyl (C=O) groups excluding carboxylic acids is 2. The zero-order chi connectivity index (χ0) is 19.3. The summed E-state index contributed by atoms with van der Waals surface area (Å²) >= 11 is 0. The van der Waals surface area contributed by atoms with E-state index in [1.54, 1.807) is 15.9 Å². The Balaban J connectivity index is 1.72. The Morgan fingerprint density at radius 2 is 1.96 bits per heavy atom. The smallest absolute Gasteiger partial charge is 0.257 e. The Hall–Kier alpha value is -1.82. The molecule has 2 heterocycles. The van der Waals surface area contributed by atoms with Crippen molar-refractivity contribution in [3.05, 3.63) is 24.2 Å². The summed E-state index contributed by atoms with van der Waals surface area (Å²) in [5.41, 5.74) is 0.555. The van der Waals surface area contributed by atoms with Crippen LogP contribution in [0.4, 0.5) is 0 Å². The third-order valence-electron chi connectivity index (χ3n) is 5.31. The van der Waals surface area contributed by atoms with Crippen LogP contribution in [0.3, 0.4) is 0 Å². The molecule has 1 aliphatic rings. The van der Waals surface area contributed by atoms with Crippen LogP contribution in [0, 0.1) is 0 Å². The molecule has 0 bridgehead atoms. The first-order valence-electron chi connectivity index (χ1n) is 10.6. The van der Waals surface area contributed by atoms with E-state index in [9.17, 15) is 9.59 Å². The summed E-state index contributed by atoms with van der Waals surface area (Å²) in [6, 6.07) is 1.68. The van der Waals surface area contributed by atoms with Gasteiger partial charge in [-0.15, -0.1) is 0 Å². The number of unbranched alkanes of at least 4 members (excludes halogenated alkanes) is 3. The number of quaternary nitrogens is 1. The molecule has 2 N–H and O–H groups in total. The van der Waals surface area contributed by atoms with Gasteiger partial charge in [0.2, 0.25) is 5.91 Å². The Morgan fingerprint density at radius 1 is 1.15 bits per heavy atom. The van der Waals surface area contributed by atoms with Crippen LogP contribution in [0.2, 0.25) is 0 Å². The van der Waals surface area contributed by atoms with E-state index in [1.807, 2.05) is 0 Å². The Kier molecular flexibility index (Phi) is 9.98. The Bertz CT molecular complexity index is 539. The van der Waals surface area contributed by atoms with Crippen molar-refractivity contribution in [3.63, 3.8) is 0 Å². The predicted molar refractivity (Wildman–Crippen MR) is 106 cm³/mol. The summed E-state index contributed by atoms with van der Waals surface area (Å²) in [5, 5.41) is 3.02. The monoisotopic (exact) mass is 378 g/mol. The fraction of sp³-hybridized carbons (Fsp3) is 0.714.